The van der Waals surface area contributed by atoms with Crippen LogP contribution in [0.5, 0.6) is 0 Å². The third-order valence-electron chi connectivity index (χ3n) is 5.75. The molecule has 1 saturated carbocycles. The Balaban J connectivity index is 0. The molecule has 0 radical (unpaired) electrons. The first-order chi connectivity index (χ1) is 14.5. The fraction of sp³-hybridized carbons (Fsp3) is 0.724. The molecule has 1 nitrogen and oxygen atoms in total. The zero-order valence-electron chi connectivity index (χ0n) is 21.6. The van der Waals surface area contributed by atoms with Crippen molar-refractivity contribution in [1.29, 1.82) is 0 Å². The summed E-state index contributed by atoms with van der Waals surface area (Å²) in [4.78, 5) is 0. The zero-order chi connectivity index (χ0) is 23.0. The average molecular weight is 418 g/mol. The number of hydrogen-bond acceptors (Lipinski definition) is 1. The van der Waals surface area contributed by atoms with Crippen molar-refractivity contribution in [2.45, 2.75) is 112 Å². The monoisotopic (exact) mass is 417 g/mol. The maximum atomic E-state index is 4.01. The minimum absolute atomic E-state index is 0.976. The van der Waals surface area contributed by atoms with Gasteiger partial charge in [0.05, 0.1) is 0 Å². The van der Waals surface area contributed by atoms with Gasteiger partial charge in [0, 0.05) is 0 Å². The van der Waals surface area contributed by atoms with Crippen LogP contribution in [-0.4, -0.2) is 13.6 Å². The third-order valence-corrected chi connectivity index (χ3v) is 5.75. The Bertz CT molecular complexity index is 441. The molecule has 1 rings (SSSR count). The average Bonchev–Trinajstić information content (AvgIpc) is 2.73. The van der Waals surface area contributed by atoms with Crippen LogP contribution in [0.3, 0.4) is 0 Å². The van der Waals surface area contributed by atoms with Crippen LogP contribution in [0.15, 0.2) is 48.6 Å². The zero-order valence-corrected chi connectivity index (χ0v) is 21.6. The molecule has 1 heteroatoms. The molecule has 0 aromatic heterocycles. The fourth-order valence-corrected chi connectivity index (χ4v) is 3.94. The number of allylic oxidation sites excluding steroid dienone is 6. The molecule has 2 unspecified atom stereocenters. The van der Waals surface area contributed by atoms with E-state index in [0.717, 1.165) is 11.8 Å². The summed E-state index contributed by atoms with van der Waals surface area (Å²) in [5, 5.41) is 3.28. The van der Waals surface area contributed by atoms with Crippen LogP contribution in [0.2, 0.25) is 0 Å². The van der Waals surface area contributed by atoms with Gasteiger partial charge in [0.1, 0.15) is 0 Å². The maximum absolute atomic E-state index is 4.01. The Kier molecular flexibility index (Phi) is 25.1. The molecule has 0 aromatic rings. The second-order valence-corrected chi connectivity index (χ2v) is 8.93. The highest BCUT2D eigenvalue weighted by Crippen LogP contribution is 2.35. The summed E-state index contributed by atoms with van der Waals surface area (Å²) in [5.41, 5.74) is 2.79. The fourth-order valence-electron chi connectivity index (χ4n) is 3.94. The van der Waals surface area contributed by atoms with Crippen molar-refractivity contribution >= 4 is 0 Å². The lowest BCUT2D eigenvalue weighted by atomic mass is 9.75. The van der Waals surface area contributed by atoms with Gasteiger partial charge in [0.15, 0.2) is 0 Å². The summed E-state index contributed by atoms with van der Waals surface area (Å²) < 4.78 is 0. The van der Waals surface area contributed by atoms with Gasteiger partial charge in [-0.2, -0.15) is 0 Å². The van der Waals surface area contributed by atoms with E-state index in [-0.39, 0.29) is 0 Å². The summed E-state index contributed by atoms with van der Waals surface area (Å²) in [7, 11) is 2.06. The second kappa shape index (κ2) is 24.2. The maximum Gasteiger partial charge on any atom is -0.00492 e. The van der Waals surface area contributed by atoms with Crippen LogP contribution in [0.4, 0.5) is 0 Å². The van der Waals surface area contributed by atoms with Crippen molar-refractivity contribution in [2.24, 2.45) is 11.8 Å². The number of nitrogens with one attached hydrogen (secondary N) is 1. The van der Waals surface area contributed by atoms with Gasteiger partial charge >= 0.3 is 0 Å². The molecule has 0 heterocycles. The van der Waals surface area contributed by atoms with Crippen LogP contribution in [0, 0.1) is 11.8 Å². The first-order valence-corrected chi connectivity index (χ1v) is 12.7. The molecule has 0 spiro atoms. The van der Waals surface area contributed by atoms with Gasteiger partial charge in [-0.3, -0.25) is 0 Å². The van der Waals surface area contributed by atoms with E-state index in [4.69, 9.17) is 0 Å². The minimum Gasteiger partial charge on any atom is -0.320 e. The van der Waals surface area contributed by atoms with Gasteiger partial charge < -0.3 is 5.32 Å². The van der Waals surface area contributed by atoms with Gasteiger partial charge in [-0.25, -0.2) is 0 Å². The highest BCUT2D eigenvalue weighted by atomic mass is 14.8. The van der Waals surface area contributed by atoms with Gasteiger partial charge in [0.25, 0.3) is 0 Å². The quantitative estimate of drug-likeness (QED) is 0.246. The molecule has 0 bridgehead atoms. The van der Waals surface area contributed by atoms with Crippen molar-refractivity contribution in [3.63, 3.8) is 0 Å². The Labute approximate surface area is 191 Å². The first-order valence-electron chi connectivity index (χ1n) is 12.7. The molecule has 1 aliphatic carbocycles. The van der Waals surface area contributed by atoms with E-state index in [9.17, 15) is 0 Å². The molecule has 0 aromatic carbocycles. The Hall–Kier alpha value is -1.08. The smallest absolute Gasteiger partial charge is 0.00492 e. The third kappa shape index (κ3) is 21.6. The SMILES string of the molecule is C=C(C)CCC1CCCCC1CCNC.C=C/C=C\C=C(\C)CCC.CCCCC. The summed E-state index contributed by atoms with van der Waals surface area (Å²) in [5.74, 6) is 1.95. The molecule has 1 N–H and O–H groups in total. The standard InChI is InChI=1S/C14H27N.C10H16.C5H12/c1-12(2)8-9-13-6-4-5-7-14(13)10-11-15-3;1-4-6-7-9-10(3)8-5-2;1-3-5-4-2/h13-15H,1,4-11H2,2-3H3;4,6-7,9H,1,5,8H2,2-3H3;3-5H2,1-2H3/b;7-6-,10-9-;. The lowest BCUT2D eigenvalue weighted by molar-refractivity contribution is 0.211. The van der Waals surface area contributed by atoms with Gasteiger partial charge in [0.2, 0.25) is 0 Å². The summed E-state index contributed by atoms with van der Waals surface area (Å²) in [6, 6.07) is 0. The van der Waals surface area contributed by atoms with Gasteiger partial charge in [-0.1, -0.05) is 114 Å². The number of rotatable bonds is 12. The Morgan fingerprint density at radius 3 is 1.93 bits per heavy atom. The second-order valence-electron chi connectivity index (χ2n) is 8.93. The van der Waals surface area contributed by atoms with Crippen LogP contribution in [0.25, 0.3) is 0 Å². The van der Waals surface area contributed by atoms with Crippen molar-refractivity contribution < 1.29 is 0 Å². The molecule has 0 aliphatic heterocycles. The molecule has 1 fully saturated rings. The highest BCUT2D eigenvalue weighted by molar-refractivity contribution is 5.13. The van der Waals surface area contributed by atoms with E-state index >= 15 is 0 Å². The van der Waals surface area contributed by atoms with E-state index in [2.05, 4.69) is 66.2 Å². The predicted molar refractivity (Wildman–Crippen MR) is 141 cm³/mol. The molecule has 0 saturated heterocycles. The molecular weight excluding hydrogens is 362 g/mol. The molecular formula is C29H55N. The van der Waals surface area contributed by atoms with Crippen LogP contribution >= 0.6 is 0 Å². The highest BCUT2D eigenvalue weighted by Gasteiger charge is 2.23. The Morgan fingerprint density at radius 2 is 1.50 bits per heavy atom. The summed E-state index contributed by atoms with van der Waals surface area (Å²) in [6.45, 7) is 19.7. The summed E-state index contributed by atoms with van der Waals surface area (Å²) in [6.07, 6.45) is 24.2. The minimum atomic E-state index is 0.976. The lowest BCUT2D eigenvalue weighted by Gasteiger charge is -2.31. The van der Waals surface area contributed by atoms with Crippen molar-refractivity contribution in [3.8, 4) is 0 Å². The topological polar surface area (TPSA) is 12.0 Å². The van der Waals surface area contributed by atoms with E-state index < -0.39 is 0 Å². The van der Waals surface area contributed by atoms with E-state index in [1.165, 1.54) is 94.7 Å². The Morgan fingerprint density at radius 1 is 0.900 bits per heavy atom. The van der Waals surface area contributed by atoms with Crippen molar-refractivity contribution in [3.05, 3.63) is 48.6 Å². The largest absolute Gasteiger partial charge is 0.320 e. The van der Waals surface area contributed by atoms with Crippen LogP contribution < -0.4 is 5.32 Å². The number of hydrogen-bond donors (Lipinski definition) is 1. The molecule has 30 heavy (non-hydrogen) atoms. The van der Waals surface area contributed by atoms with Gasteiger partial charge in [-0.05, 0) is 65.0 Å². The number of unbranched alkanes of at least 4 members (excludes halogenated alkanes) is 2. The first kappa shape index (κ1) is 31.1. The molecule has 2 atom stereocenters. The normalized spacial score (nSPS) is 18.8. The summed E-state index contributed by atoms with van der Waals surface area (Å²) >= 11 is 0. The molecule has 176 valence electrons. The van der Waals surface area contributed by atoms with Crippen LogP contribution in [-0.2, 0) is 0 Å². The lowest BCUT2D eigenvalue weighted by Crippen LogP contribution is -2.23. The molecule has 0 amide bonds. The van der Waals surface area contributed by atoms with Crippen LogP contribution in [0.1, 0.15) is 112 Å². The van der Waals surface area contributed by atoms with E-state index in [1.807, 2.05) is 12.2 Å². The van der Waals surface area contributed by atoms with E-state index in [1.54, 1.807) is 6.08 Å². The molecule has 1 aliphatic rings. The van der Waals surface area contributed by atoms with Crippen molar-refractivity contribution in [2.75, 3.05) is 13.6 Å². The predicted octanol–water partition coefficient (Wildman–Crippen LogP) is 9.43. The van der Waals surface area contributed by atoms with Crippen molar-refractivity contribution in [1.82, 2.24) is 5.32 Å². The van der Waals surface area contributed by atoms with E-state index in [0.29, 0.717) is 0 Å². The van der Waals surface area contributed by atoms with Gasteiger partial charge in [-0.15, -0.1) is 6.58 Å².